The summed E-state index contributed by atoms with van der Waals surface area (Å²) in [5.74, 6) is -0.0489. The summed E-state index contributed by atoms with van der Waals surface area (Å²) in [6.45, 7) is 2.21. The number of rotatable bonds is 4. The molecule has 0 aromatic carbocycles. The zero-order chi connectivity index (χ0) is 7.82. The molecule has 0 fully saturated rings. The van der Waals surface area contributed by atoms with Crippen LogP contribution >= 0.6 is 0 Å². The van der Waals surface area contributed by atoms with Crippen molar-refractivity contribution in [3.63, 3.8) is 0 Å². The lowest BCUT2D eigenvalue weighted by atomic mass is 10.3. The summed E-state index contributed by atoms with van der Waals surface area (Å²) in [5, 5.41) is 10.8. The van der Waals surface area contributed by atoms with E-state index in [2.05, 4.69) is 5.32 Å². The molecule has 0 aliphatic carbocycles. The summed E-state index contributed by atoms with van der Waals surface area (Å²) < 4.78 is 0. The molecule has 0 rings (SSSR count). The van der Waals surface area contributed by atoms with E-state index in [4.69, 9.17) is 5.11 Å². The third kappa shape index (κ3) is 11.9. The van der Waals surface area contributed by atoms with Crippen LogP contribution in [0.25, 0.3) is 0 Å². The molecule has 0 aliphatic heterocycles. The Morgan fingerprint density at radius 2 is 2.08 bits per heavy atom. The third-order valence-electron chi connectivity index (χ3n) is 0.973. The van der Waals surface area contributed by atoms with E-state index >= 15 is 0 Å². The molecule has 0 aliphatic rings. The van der Waals surface area contributed by atoms with Crippen LogP contribution in [-0.2, 0) is 4.79 Å². The fraction of sp³-hybridized carbons (Fsp3) is 0.667. The van der Waals surface area contributed by atoms with Crippen LogP contribution in [0, 0.1) is 0 Å². The Morgan fingerprint density at radius 1 is 1.50 bits per heavy atom. The Balaban J connectivity index is -0.000000405. The second-order valence-corrected chi connectivity index (χ2v) is 1.85. The zero-order valence-corrected chi connectivity index (χ0v) is 6.13. The highest BCUT2D eigenvalue weighted by molar-refractivity contribution is 5.77. The van der Waals surface area contributed by atoms with Crippen molar-refractivity contribution in [1.82, 2.24) is 5.32 Å². The smallest absolute Gasteiger partial charge is 0.223 e. The molecule has 0 unspecified atom stereocenters. The van der Waals surface area contributed by atoms with E-state index in [9.17, 15) is 4.79 Å². The highest BCUT2D eigenvalue weighted by atomic mass is 16.3. The standard InChI is InChI=1S/C7H13NO2.2CH4/c1-2-3-4-7(10)8-5-6-9;;/h2-3,9H,4-6H2,1H3,(H,8,10);2*1H4. The minimum absolute atomic E-state index is 0. The van der Waals surface area contributed by atoms with E-state index in [1.54, 1.807) is 6.08 Å². The van der Waals surface area contributed by atoms with Gasteiger partial charge in [0.25, 0.3) is 0 Å². The maximum atomic E-state index is 10.7. The van der Waals surface area contributed by atoms with Crippen molar-refractivity contribution in [1.29, 1.82) is 0 Å². The summed E-state index contributed by atoms with van der Waals surface area (Å²) in [6.07, 6.45) is 3.99. The van der Waals surface area contributed by atoms with Gasteiger partial charge in [-0.15, -0.1) is 0 Å². The lowest BCUT2D eigenvalue weighted by molar-refractivity contribution is -0.120. The number of nitrogens with one attached hydrogen (secondary N) is 1. The summed E-state index contributed by atoms with van der Waals surface area (Å²) in [6, 6.07) is 0. The lowest BCUT2D eigenvalue weighted by Crippen LogP contribution is -2.25. The number of aliphatic hydroxyl groups excluding tert-OH is 1. The summed E-state index contributed by atoms with van der Waals surface area (Å²) >= 11 is 0. The first-order valence-corrected chi connectivity index (χ1v) is 3.30. The molecule has 0 spiro atoms. The fourth-order valence-corrected chi connectivity index (χ4v) is 0.492. The number of amides is 1. The van der Waals surface area contributed by atoms with Crippen LogP contribution in [0.1, 0.15) is 28.2 Å². The first-order chi connectivity index (χ1) is 4.81. The van der Waals surface area contributed by atoms with E-state index in [-0.39, 0.29) is 27.4 Å². The van der Waals surface area contributed by atoms with E-state index in [0.29, 0.717) is 13.0 Å². The highest BCUT2D eigenvalue weighted by Gasteiger charge is 1.93. The van der Waals surface area contributed by atoms with Crippen molar-refractivity contribution in [2.75, 3.05) is 13.2 Å². The van der Waals surface area contributed by atoms with E-state index in [1.165, 1.54) is 0 Å². The van der Waals surface area contributed by atoms with Crippen molar-refractivity contribution in [3.8, 4) is 0 Å². The summed E-state index contributed by atoms with van der Waals surface area (Å²) in [4.78, 5) is 10.7. The second-order valence-electron chi connectivity index (χ2n) is 1.85. The van der Waals surface area contributed by atoms with Crippen molar-refractivity contribution >= 4 is 5.91 Å². The second kappa shape index (κ2) is 12.8. The maximum absolute atomic E-state index is 10.7. The zero-order valence-electron chi connectivity index (χ0n) is 6.13. The first kappa shape index (κ1) is 17.3. The van der Waals surface area contributed by atoms with Crippen LogP contribution in [0.2, 0.25) is 0 Å². The average Bonchev–Trinajstić information content (AvgIpc) is 1.97. The first-order valence-electron chi connectivity index (χ1n) is 3.30. The summed E-state index contributed by atoms with van der Waals surface area (Å²) in [5.41, 5.74) is 0. The van der Waals surface area contributed by atoms with Gasteiger partial charge in [0, 0.05) is 13.0 Å². The predicted molar refractivity (Wildman–Crippen MR) is 53.0 cm³/mol. The SMILES string of the molecule is C.C.CC=CCC(=O)NCCO. The van der Waals surface area contributed by atoms with Crippen LogP contribution in [0.5, 0.6) is 0 Å². The van der Waals surface area contributed by atoms with Crippen molar-refractivity contribution in [3.05, 3.63) is 12.2 Å². The molecule has 0 saturated carbocycles. The molecular formula is C9H21NO2. The third-order valence-corrected chi connectivity index (χ3v) is 0.973. The molecule has 12 heavy (non-hydrogen) atoms. The van der Waals surface area contributed by atoms with Crippen LogP contribution in [0.15, 0.2) is 12.2 Å². The van der Waals surface area contributed by atoms with Crippen molar-refractivity contribution in [2.45, 2.75) is 28.2 Å². The van der Waals surface area contributed by atoms with Crippen LogP contribution in [0.4, 0.5) is 0 Å². The molecule has 1 amide bonds. The number of hydrogen-bond acceptors (Lipinski definition) is 2. The van der Waals surface area contributed by atoms with Gasteiger partial charge in [0.15, 0.2) is 0 Å². The Kier molecular flexibility index (Phi) is 18.5. The highest BCUT2D eigenvalue weighted by Crippen LogP contribution is 1.80. The monoisotopic (exact) mass is 175 g/mol. The van der Waals surface area contributed by atoms with E-state index in [1.807, 2.05) is 13.0 Å². The molecular weight excluding hydrogens is 154 g/mol. The number of allylic oxidation sites excluding steroid dienone is 1. The Labute approximate surface area is 75.5 Å². The molecule has 0 heterocycles. The fourth-order valence-electron chi connectivity index (χ4n) is 0.492. The van der Waals surface area contributed by atoms with Crippen molar-refractivity contribution in [2.24, 2.45) is 0 Å². The molecule has 0 aromatic heterocycles. The number of aliphatic hydroxyl groups is 1. The van der Waals surface area contributed by atoms with Gasteiger partial charge in [-0.05, 0) is 6.92 Å². The molecule has 0 atom stereocenters. The average molecular weight is 175 g/mol. The molecule has 3 nitrogen and oxygen atoms in total. The van der Waals surface area contributed by atoms with Crippen LogP contribution in [0.3, 0.4) is 0 Å². The topological polar surface area (TPSA) is 49.3 Å². The van der Waals surface area contributed by atoms with Gasteiger partial charge in [-0.25, -0.2) is 0 Å². The quantitative estimate of drug-likeness (QED) is 0.633. The normalized spacial score (nSPS) is 8.50. The Hall–Kier alpha value is -0.830. The van der Waals surface area contributed by atoms with Gasteiger partial charge < -0.3 is 10.4 Å². The maximum Gasteiger partial charge on any atom is 0.223 e. The van der Waals surface area contributed by atoms with Gasteiger partial charge >= 0.3 is 0 Å². The van der Waals surface area contributed by atoms with Crippen LogP contribution < -0.4 is 5.32 Å². The Morgan fingerprint density at radius 3 is 2.50 bits per heavy atom. The van der Waals surface area contributed by atoms with Crippen LogP contribution in [-0.4, -0.2) is 24.2 Å². The van der Waals surface area contributed by atoms with Gasteiger partial charge in [-0.2, -0.15) is 0 Å². The molecule has 74 valence electrons. The van der Waals surface area contributed by atoms with Crippen molar-refractivity contribution < 1.29 is 9.90 Å². The molecule has 0 bridgehead atoms. The molecule has 0 saturated heterocycles. The largest absolute Gasteiger partial charge is 0.395 e. The van der Waals surface area contributed by atoms with Gasteiger partial charge in [0.2, 0.25) is 5.91 Å². The lowest BCUT2D eigenvalue weighted by Gasteiger charge is -1.97. The van der Waals surface area contributed by atoms with Gasteiger partial charge in [0.1, 0.15) is 0 Å². The number of carbonyl (C=O) groups is 1. The van der Waals surface area contributed by atoms with E-state index < -0.39 is 0 Å². The minimum Gasteiger partial charge on any atom is -0.395 e. The number of hydrogen-bond donors (Lipinski definition) is 2. The predicted octanol–water partition coefficient (Wildman–Crippen LogP) is 1.33. The Bertz CT molecular complexity index is 122. The minimum atomic E-state index is -0.0489. The number of carbonyl (C=O) groups excluding carboxylic acids is 1. The van der Waals surface area contributed by atoms with Gasteiger partial charge in [-0.1, -0.05) is 27.0 Å². The molecule has 0 aromatic rings. The molecule has 0 radical (unpaired) electrons. The van der Waals surface area contributed by atoms with Gasteiger partial charge in [-0.3, -0.25) is 4.79 Å². The molecule has 3 heteroatoms. The van der Waals surface area contributed by atoms with E-state index in [0.717, 1.165) is 0 Å². The van der Waals surface area contributed by atoms with Gasteiger partial charge in [0.05, 0.1) is 6.61 Å². The summed E-state index contributed by atoms with van der Waals surface area (Å²) in [7, 11) is 0. The molecule has 2 N–H and O–H groups in total.